The van der Waals surface area contributed by atoms with Crippen molar-refractivity contribution in [2.24, 2.45) is 5.73 Å². The number of carbonyl (C=O) groups excluding carboxylic acids is 1. The molecule has 24 heavy (non-hydrogen) atoms. The van der Waals surface area contributed by atoms with Crippen molar-refractivity contribution in [2.75, 3.05) is 31.1 Å². The van der Waals surface area contributed by atoms with Crippen molar-refractivity contribution < 1.29 is 9.53 Å². The number of aromatic nitrogens is 3. The Bertz CT molecular complexity index is 736. The molecule has 3 N–H and O–H groups in total. The van der Waals surface area contributed by atoms with E-state index < -0.39 is 5.91 Å². The molecule has 2 aromatic rings. The molecule has 0 radical (unpaired) electrons. The van der Waals surface area contributed by atoms with Gasteiger partial charge < -0.3 is 15.4 Å². The summed E-state index contributed by atoms with van der Waals surface area (Å²) in [5.41, 5.74) is 9.13. The topological polar surface area (TPSA) is 110 Å². The van der Waals surface area contributed by atoms with Crippen LogP contribution in [0.1, 0.15) is 10.5 Å². The highest BCUT2D eigenvalue weighted by Crippen LogP contribution is 2.23. The Balaban J connectivity index is 2.29. The lowest BCUT2D eigenvalue weighted by molar-refractivity contribution is 0.0949. The van der Waals surface area contributed by atoms with Crippen molar-refractivity contribution in [1.29, 1.82) is 0 Å². The number of anilines is 2. The molecule has 0 spiro atoms. The van der Waals surface area contributed by atoms with Crippen LogP contribution in [-0.4, -0.2) is 47.2 Å². The molecule has 0 saturated heterocycles. The van der Waals surface area contributed by atoms with Crippen LogP contribution in [0.4, 0.5) is 11.5 Å². The molecule has 0 unspecified atom stereocenters. The van der Waals surface area contributed by atoms with Gasteiger partial charge in [0, 0.05) is 20.3 Å². The summed E-state index contributed by atoms with van der Waals surface area (Å²) in [6.45, 7) is 0. The van der Waals surface area contributed by atoms with E-state index in [0.717, 1.165) is 5.69 Å². The fraction of sp³-hybridized carbons (Fsp3) is 0.214. The normalized spacial score (nSPS) is 9.96. The first-order chi connectivity index (χ1) is 11.4. The lowest BCUT2D eigenvalue weighted by Gasteiger charge is -2.26. The van der Waals surface area contributed by atoms with Gasteiger partial charge in [-0.3, -0.25) is 10.2 Å². The molecule has 2 aromatic heterocycles. The molecule has 2 heterocycles. The number of nitrogens with one attached hydrogen (secondary N) is 1. The van der Waals surface area contributed by atoms with Crippen molar-refractivity contribution in [2.45, 2.75) is 0 Å². The van der Waals surface area contributed by atoms with Gasteiger partial charge in [0.2, 0.25) is 5.88 Å². The Morgan fingerprint density at radius 2 is 2.04 bits per heavy atom. The van der Waals surface area contributed by atoms with Gasteiger partial charge in [-0.05, 0) is 24.4 Å². The van der Waals surface area contributed by atoms with Crippen LogP contribution < -0.4 is 25.8 Å². The molecular formula is C14H17N7O2S. The average Bonchev–Trinajstić information content (AvgIpc) is 2.59. The van der Waals surface area contributed by atoms with E-state index in [1.807, 2.05) is 25.1 Å². The Morgan fingerprint density at radius 3 is 2.58 bits per heavy atom. The molecule has 0 fully saturated rings. The van der Waals surface area contributed by atoms with Crippen LogP contribution in [-0.2, 0) is 0 Å². The van der Waals surface area contributed by atoms with Crippen LogP contribution in [0.5, 0.6) is 5.88 Å². The summed E-state index contributed by atoms with van der Waals surface area (Å²) in [6.07, 6.45) is 4.20. The fourth-order valence-electron chi connectivity index (χ4n) is 1.82. The lowest BCUT2D eigenvalue weighted by atomic mass is 10.3. The van der Waals surface area contributed by atoms with Gasteiger partial charge in [-0.15, -0.1) is 0 Å². The second-order valence-corrected chi connectivity index (χ2v) is 5.22. The van der Waals surface area contributed by atoms with Gasteiger partial charge in [0.15, 0.2) is 10.9 Å². The third kappa shape index (κ3) is 3.84. The van der Waals surface area contributed by atoms with Crippen molar-refractivity contribution in [3.63, 3.8) is 0 Å². The molecule has 1 amide bonds. The largest absolute Gasteiger partial charge is 0.480 e. The number of methoxy groups -OCH3 is 1. The number of hydrogen-bond donors (Lipinski definition) is 2. The Hall–Kier alpha value is -3.01. The molecule has 10 heteroatoms. The second-order valence-electron chi connectivity index (χ2n) is 4.80. The molecule has 0 saturated carbocycles. The van der Waals surface area contributed by atoms with Crippen LogP contribution in [0.15, 0.2) is 30.7 Å². The number of amides is 1. The molecule has 0 aromatic carbocycles. The van der Waals surface area contributed by atoms with E-state index in [1.54, 1.807) is 12.3 Å². The molecule has 9 nitrogen and oxygen atoms in total. The predicted molar refractivity (Wildman–Crippen MR) is 93.9 cm³/mol. The monoisotopic (exact) mass is 347 g/mol. The van der Waals surface area contributed by atoms with E-state index in [9.17, 15) is 4.79 Å². The number of rotatable bonds is 4. The number of hydrazine groups is 1. The Kier molecular flexibility index (Phi) is 5.42. The highest BCUT2D eigenvalue weighted by molar-refractivity contribution is 7.80. The summed E-state index contributed by atoms with van der Waals surface area (Å²) in [5, 5.41) is 1.16. The van der Waals surface area contributed by atoms with Gasteiger partial charge in [-0.2, -0.15) is 0 Å². The van der Waals surface area contributed by atoms with Crippen LogP contribution in [0.2, 0.25) is 0 Å². The average molecular weight is 347 g/mol. The van der Waals surface area contributed by atoms with Crippen molar-refractivity contribution in [3.8, 4) is 5.88 Å². The van der Waals surface area contributed by atoms with Crippen LogP contribution in [0.3, 0.4) is 0 Å². The Morgan fingerprint density at radius 1 is 1.29 bits per heavy atom. The number of hydrogen-bond acceptors (Lipinski definition) is 7. The third-order valence-electron chi connectivity index (χ3n) is 2.96. The summed E-state index contributed by atoms with van der Waals surface area (Å²) < 4.78 is 4.91. The second kappa shape index (κ2) is 7.51. The van der Waals surface area contributed by atoms with E-state index in [1.165, 1.54) is 24.5 Å². The lowest BCUT2D eigenvalue weighted by Crippen LogP contribution is -2.50. The van der Waals surface area contributed by atoms with Gasteiger partial charge in [-0.25, -0.2) is 20.0 Å². The summed E-state index contributed by atoms with van der Waals surface area (Å²) in [7, 11) is 5.15. The van der Waals surface area contributed by atoms with E-state index in [4.69, 9.17) is 22.7 Å². The van der Waals surface area contributed by atoms with E-state index in [-0.39, 0.29) is 10.8 Å². The van der Waals surface area contributed by atoms with Crippen LogP contribution in [0, 0.1) is 0 Å². The summed E-state index contributed by atoms with van der Waals surface area (Å²) in [5.74, 6) is 0.163. The molecular weight excluding hydrogens is 330 g/mol. The first-order valence-electron chi connectivity index (χ1n) is 6.83. The van der Waals surface area contributed by atoms with E-state index in [2.05, 4.69) is 20.4 Å². The van der Waals surface area contributed by atoms with E-state index >= 15 is 0 Å². The first kappa shape index (κ1) is 17.3. The third-order valence-corrected chi connectivity index (χ3v) is 3.15. The van der Waals surface area contributed by atoms with E-state index in [0.29, 0.717) is 11.7 Å². The fourth-order valence-corrected chi connectivity index (χ4v) is 1.95. The molecule has 0 aliphatic carbocycles. The number of carbonyl (C=O) groups is 1. The SMILES string of the molecule is COc1cnc(C(=O)NN(C(N)=S)c2ncccc2N(C)C)cn1. The van der Waals surface area contributed by atoms with Crippen molar-refractivity contribution in [1.82, 2.24) is 20.4 Å². The van der Waals surface area contributed by atoms with Gasteiger partial charge in [0.05, 0.1) is 25.2 Å². The van der Waals surface area contributed by atoms with Crippen molar-refractivity contribution in [3.05, 3.63) is 36.4 Å². The maximum Gasteiger partial charge on any atom is 0.290 e. The molecule has 2 rings (SSSR count). The van der Waals surface area contributed by atoms with Gasteiger partial charge in [-0.1, -0.05) is 0 Å². The predicted octanol–water partition coefficient (Wildman–Crippen LogP) is 0.341. The van der Waals surface area contributed by atoms with Gasteiger partial charge >= 0.3 is 0 Å². The molecule has 0 aliphatic rings. The maximum atomic E-state index is 12.4. The maximum absolute atomic E-state index is 12.4. The van der Waals surface area contributed by atoms with Gasteiger partial charge in [0.1, 0.15) is 5.69 Å². The highest BCUT2D eigenvalue weighted by atomic mass is 32.1. The zero-order valence-electron chi connectivity index (χ0n) is 13.4. The number of thiocarbonyl (C=S) groups is 1. The minimum atomic E-state index is -0.534. The summed E-state index contributed by atoms with van der Waals surface area (Å²) in [4.78, 5) is 26.3. The molecule has 0 aliphatic heterocycles. The van der Waals surface area contributed by atoms with Crippen LogP contribution >= 0.6 is 12.2 Å². The number of nitrogens with zero attached hydrogens (tertiary/aromatic N) is 5. The minimum absolute atomic E-state index is 0.0633. The highest BCUT2D eigenvalue weighted by Gasteiger charge is 2.20. The molecule has 0 bridgehead atoms. The zero-order valence-corrected chi connectivity index (χ0v) is 14.2. The molecule has 0 atom stereocenters. The quantitative estimate of drug-likeness (QED) is 0.597. The summed E-state index contributed by atoms with van der Waals surface area (Å²) >= 11 is 5.03. The van der Waals surface area contributed by atoms with Crippen molar-refractivity contribution >= 4 is 34.7 Å². The minimum Gasteiger partial charge on any atom is -0.480 e. The van der Waals surface area contributed by atoms with Crippen LogP contribution in [0.25, 0.3) is 0 Å². The zero-order chi connectivity index (χ0) is 17.7. The smallest absolute Gasteiger partial charge is 0.290 e. The summed E-state index contributed by atoms with van der Waals surface area (Å²) in [6, 6.07) is 3.60. The van der Waals surface area contributed by atoms with Gasteiger partial charge in [0.25, 0.3) is 5.91 Å². The number of nitrogens with two attached hydrogens (primary N) is 1. The number of pyridine rings is 1. The molecule has 126 valence electrons. The Labute approximate surface area is 144 Å². The number of ether oxygens (including phenoxy) is 1. The first-order valence-corrected chi connectivity index (χ1v) is 7.23. The standard InChI is InChI=1S/C14H17N7O2S/c1-20(2)10-5-4-6-16-12(10)21(14(15)24)19-13(22)9-7-18-11(23-3)8-17-9/h4-8H,1-3H3,(H2,15,24)(H,19,22).